The monoisotopic (exact) mass is 136 g/mol. The Bertz CT molecular complexity index is 258. The Morgan fingerprint density at radius 3 is 2.30 bits per heavy atom. The van der Waals surface area contributed by atoms with Crippen molar-refractivity contribution in [2.45, 2.75) is 13.8 Å². The molecule has 0 aromatic carbocycles. The first-order chi connectivity index (χ1) is 4.66. The summed E-state index contributed by atoms with van der Waals surface area (Å²) < 4.78 is 2.03. The lowest BCUT2D eigenvalue weighted by atomic mass is 10.3. The van der Waals surface area contributed by atoms with Crippen LogP contribution in [0.1, 0.15) is 17.2 Å². The van der Waals surface area contributed by atoms with Crippen molar-refractivity contribution in [1.29, 1.82) is 0 Å². The molecule has 54 valence electrons. The summed E-state index contributed by atoms with van der Waals surface area (Å²) in [6, 6.07) is 0. The number of aromatic nitrogens is 2. The first-order valence-electron chi connectivity index (χ1n) is 3.29. The fourth-order valence-electron chi connectivity index (χ4n) is 1.08. The van der Waals surface area contributed by atoms with Gasteiger partial charge in [-0.15, -0.1) is 0 Å². The fourth-order valence-corrected chi connectivity index (χ4v) is 1.08. The molecule has 0 saturated heterocycles. The molecule has 0 amide bonds. The number of hydrogen-bond donors (Lipinski definition) is 0. The molecule has 1 rings (SSSR count). The molecule has 0 aliphatic rings. The van der Waals surface area contributed by atoms with Gasteiger partial charge in [0.2, 0.25) is 0 Å². The van der Waals surface area contributed by atoms with Crippen molar-refractivity contribution in [1.82, 2.24) is 9.55 Å². The van der Waals surface area contributed by atoms with E-state index in [1.807, 2.05) is 31.5 Å². The van der Waals surface area contributed by atoms with E-state index < -0.39 is 0 Å². The molecular weight excluding hydrogens is 124 g/mol. The van der Waals surface area contributed by atoms with Crippen LogP contribution >= 0.6 is 0 Å². The van der Waals surface area contributed by atoms with Crippen molar-refractivity contribution in [2.24, 2.45) is 7.05 Å². The van der Waals surface area contributed by atoms with Crippen LogP contribution in [0.4, 0.5) is 0 Å². The quantitative estimate of drug-likeness (QED) is 0.574. The average molecular weight is 136 g/mol. The normalized spacial score (nSPS) is 9.90. The van der Waals surface area contributed by atoms with Crippen LogP contribution in [-0.2, 0) is 7.05 Å². The number of rotatable bonds is 1. The average Bonchev–Trinajstić information content (AvgIpc) is 2.09. The van der Waals surface area contributed by atoms with Crippen molar-refractivity contribution in [3.05, 3.63) is 23.8 Å². The van der Waals surface area contributed by atoms with Gasteiger partial charge in [-0.2, -0.15) is 0 Å². The second-order valence-electron chi connectivity index (χ2n) is 2.39. The van der Waals surface area contributed by atoms with Crippen molar-refractivity contribution in [3.63, 3.8) is 0 Å². The maximum absolute atomic E-state index is 4.27. The molecule has 0 fully saturated rings. The predicted molar refractivity (Wildman–Crippen MR) is 42.8 cm³/mol. The van der Waals surface area contributed by atoms with Gasteiger partial charge in [0.1, 0.15) is 5.82 Å². The van der Waals surface area contributed by atoms with Gasteiger partial charge in [0.25, 0.3) is 0 Å². The SMILES string of the molecule is C=Cc1c(C)nc(C)n1C. The molecule has 0 spiro atoms. The van der Waals surface area contributed by atoms with Crippen molar-refractivity contribution in [2.75, 3.05) is 0 Å². The van der Waals surface area contributed by atoms with E-state index in [-0.39, 0.29) is 0 Å². The standard InChI is InChI=1S/C8H12N2/c1-5-8-6(2)9-7(3)10(8)4/h5H,1H2,2-4H3. The summed E-state index contributed by atoms with van der Waals surface area (Å²) in [6.07, 6.45) is 1.83. The van der Waals surface area contributed by atoms with Gasteiger partial charge in [-0.3, -0.25) is 0 Å². The van der Waals surface area contributed by atoms with Crippen molar-refractivity contribution < 1.29 is 0 Å². The zero-order chi connectivity index (χ0) is 7.72. The van der Waals surface area contributed by atoms with Gasteiger partial charge in [0.15, 0.2) is 0 Å². The molecule has 10 heavy (non-hydrogen) atoms. The second kappa shape index (κ2) is 2.29. The van der Waals surface area contributed by atoms with Gasteiger partial charge in [-0.05, 0) is 19.9 Å². The van der Waals surface area contributed by atoms with Gasteiger partial charge in [-0.25, -0.2) is 4.98 Å². The smallest absolute Gasteiger partial charge is 0.106 e. The number of imidazole rings is 1. The molecular formula is C8H12N2. The largest absolute Gasteiger partial charge is 0.332 e. The molecule has 0 bridgehead atoms. The molecule has 0 radical (unpaired) electrons. The molecule has 0 saturated carbocycles. The van der Waals surface area contributed by atoms with Crippen LogP contribution in [0.3, 0.4) is 0 Å². The van der Waals surface area contributed by atoms with Crippen LogP contribution in [0, 0.1) is 13.8 Å². The topological polar surface area (TPSA) is 17.8 Å². The maximum Gasteiger partial charge on any atom is 0.106 e. The number of hydrogen-bond acceptors (Lipinski definition) is 1. The third-order valence-electron chi connectivity index (χ3n) is 1.74. The van der Waals surface area contributed by atoms with E-state index in [1.165, 1.54) is 0 Å². The van der Waals surface area contributed by atoms with Gasteiger partial charge < -0.3 is 4.57 Å². The Labute approximate surface area is 61.2 Å². The minimum absolute atomic E-state index is 1.03. The maximum atomic E-state index is 4.27. The van der Waals surface area contributed by atoms with Crippen LogP contribution in [0.15, 0.2) is 6.58 Å². The molecule has 0 aliphatic heterocycles. The van der Waals surface area contributed by atoms with Gasteiger partial charge >= 0.3 is 0 Å². The lowest BCUT2D eigenvalue weighted by Crippen LogP contribution is -1.93. The minimum Gasteiger partial charge on any atom is -0.332 e. The highest BCUT2D eigenvalue weighted by Gasteiger charge is 2.02. The highest BCUT2D eigenvalue weighted by molar-refractivity contribution is 5.45. The fraction of sp³-hybridized carbons (Fsp3) is 0.375. The van der Waals surface area contributed by atoms with Crippen molar-refractivity contribution in [3.8, 4) is 0 Å². The molecule has 1 heterocycles. The molecule has 0 unspecified atom stereocenters. The Morgan fingerprint density at radius 1 is 1.50 bits per heavy atom. The minimum atomic E-state index is 1.03. The zero-order valence-electron chi connectivity index (χ0n) is 6.68. The molecule has 2 nitrogen and oxygen atoms in total. The van der Waals surface area contributed by atoms with E-state index in [4.69, 9.17) is 0 Å². The van der Waals surface area contributed by atoms with E-state index in [0.717, 1.165) is 17.2 Å². The highest BCUT2D eigenvalue weighted by Crippen LogP contribution is 2.08. The Kier molecular flexibility index (Phi) is 1.62. The first-order valence-corrected chi connectivity index (χ1v) is 3.29. The summed E-state index contributed by atoms with van der Waals surface area (Å²) in [7, 11) is 1.99. The molecule has 0 aliphatic carbocycles. The van der Waals surface area contributed by atoms with Crippen molar-refractivity contribution >= 4 is 6.08 Å². The molecule has 1 aromatic heterocycles. The second-order valence-corrected chi connectivity index (χ2v) is 2.39. The van der Waals surface area contributed by atoms with Gasteiger partial charge in [0, 0.05) is 7.05 Å². The zero-order valence-corrected chi connectivity index (χ0v) is 6.68. The molecule has 1 aromatic rings. The van der Waals surface area contributed by atoms with E-state index >= 15 is 0 Å². The van der Waals surface area contributed by atoms with Crippen LogP contribution in [0.5, 0.6) is 0 Å². The van der Waals surface area contributed by atoms with E-state index in [9.17, 15) is 0 Å². The Hall–Kier alpha value is -1.05. The Balaban J connectivity index is 3.33. The molecule has 0 atom stereocenters. The van der Waals surface area contributed by atoms with E-state index in [2.05, 4.69) is 11.6 Å². The summed E-state index contributed by atoms with van der Waals surface area (Å²) in [6.45, 7) is 7.68. The van der Waals surface area contributed by atoms with Crippen LogP contribution in [-0.4, -0.2) is 9.55 Å². The lowest BCUT2D eigenvalue weighted by molar-refractivity contribution is 0.849. The van der Waals surface area contributed by atoms with E-state index in [0.29, 0.717) is 0 Å². The Morgan fingerprint density at radius 2 is 2.10 bits per heavy atom. The number of aryl methyl sites for hydroxylation is 2. The summed E-state index contributed by atoms with van der Waals surface area (Å²) >= 11 is 0. The lowest BCUT2D eigenvalue weighted by Gasteiger charge is -1.96. The summed E-state index contributed by atoms with van der Waals surface area (Å²) in [5, 5.41) is 0. The summed E-state index contributed by atoms with van der Waals surface area (Å²) in [5.41, 5.74) is 2.16. The highest BCUT2D eigenvalue weighted by atomic mass is 15.1. The number of nitrogens with zero attached hydrogens (tertiary/aromatic N) is 2. The molecule has 0 N–H and O–H groups in total. The van der Waals surface area contributed by atoms with Crippen LogP contribution in [0.25, 0.3) is 6.08 Å². The molecule has 2 heteroatoms. The van der Waals surface area contributed by atoms with Crippen LogP contribution in [0.2, 0.25) is 0 Å². The third kappa shape index (κ3) is 0.856. The van der Waals surface area contributed by atoms with E-state index in [1.54, 1.807) is 0 Å². The summed E-state index contributed by atoms with van der Waals surface area (Å²) in [4.78, 5) is 4.27. The van der Waals surface area contributed by atoms with Crippen LogP contribution < -0.4 is 0 Å². The summed E-state index contributed by atoms with van der Waals surface area (Å²) in [5.74, 6) is 1.03. The van der Waals surface area contributed by atoms with Gasteiger partial charge in [-0.1, -0.05) is 6.58 Å². The predicted octanol–water partition coefficient (Wildman–Crippen LogP) is 1.68. The van der Waals surface area contributed by atoms with Gasteiger partial charge in [0.05, 0.1) is 11.4 Å². The third-order valence-corrected chi connectivity index (χ3v) is 1.74. The first kappa shape index (κ1) is 7.06.